The monoisotopic (exact) mass is 260 g/mol. The van der Waals surface area contributed by atoms with Gasteiger partial charge in [-0.3, -0.25) is 0 Å². The van der Waals surface area contributed by atoms with Crippen molar-refractivity contribution in [2.75, 3.05) is 0 Å². The van der Waals surface area contributed by atoms with E-state index < -0.39 is 0 Å². The number of rotatable bonds is 4. The van der Waals surface area contributed by atoms with Gasteiger partial charge in [-0.15, -0.1) is 0 Å². The molecular formula is C17H12N2O. The lowest BCUT2D eigenvalue weighted by Crippen LogP contribution is -1.97. The fraction of sp³-hybridized carbons (Fsp3) is 0.0588. The Labute approximate surface area is 118 Å². The number of hydrogen-bond donors (Lipinski definition) is 0. The first-order valence-corrected chi connectivity index (χ1v) is 6.10. The van der Waals surface area contributed by atoms with Crippen LogP contribution in [0.4, 0.5) is 0 Å². The van der Waals surface area contributed by atoms with Gasteiger partial charge in [0.25, 0.3) is 0 Å². The maximum atomic E-state index is 8.99. The van der Waals surface area contributed by atoms with Crippen LogP contribution >= 0.6 is 0 Å². The van der Waals surface area contributed by atoms with Crippen LogP contribution in [-0.2, 0) is 6.61 Å². The Balaban J connectivity index is 2.03. The first-order valence-electron chi connectivity index (χ1n) is 6.10. The molecule has 0 aliphatic rings. The summed E-state index contributed by atoms with van der Waals surface area (Å²) in [6.07, 6.45) is 3.16. The summed E-state index contributed by atoms with van der Waals surface area (Å²) in [5, 5.41) is 17.4. The maximum Gasteiger partial charge on any atom is 0.119 e. The van der Waals surface area contributed by atoms with Gasteiger partial charge in [0.05, 0.1) is 17.7 Å². The molecule has 96 valence electrons. The molecule has 0 heterocycles. The molecule has 0 atom stereocenters. The molecule has 0 saturated heterocycles. The number of nitriles is 2. The molecule has 0 saturated carbocycles. The predicted molar refractivity (Wildman–Crippen MR) is 76.6 cm³/mol. The van der Waals surface area contributed by atoms with Crippen molar-refractivity contribution in [1.29, 1.82) is 10.5 Å². The molecule has 0 aliphatic carbocycles. The summed E-state index contributed by atoms with van der Waals surface area (Å²) in [5.74, 6) is 0.729. The van der Waals surface area contributed by atoms with Crippen LogP contribution in [0.3, 0.4) is 0 Å². The van der Waals surface area contributed by atoms with Gasteiger partial charge in [-0.1, -0.05) is 30.3 Å². The zero-order chi connectivity index (χ0) is 14.2. The topological polar surface area (TPSA) is 56.8 Å². The standard InChI is InChI=1S/C17H12N2O/c18-11-3-4-14-7-9-17(10-8-14)20-13-16-6-2-1-5-15(16)12-19/h1-10H,13H2/b4-3+. The van der Waals surface area contributed by atoms with Crippen molar-refractivity contribution in [3.8, 4) is 17.9 Å². The van der Waals surface area contributed by atoms with E-state index >= 15 is 0 Å². The number of benzene rings is 2. The van der Waals surface area contributed by atoms with E-state index in [0.29, 0.717) is 12.2 Å². The molecule has 0 unspecified atom stereocenters. The van der Waals surface area contributed by atoms with E-state index in [-0.39, 0.29) is 0 Å². The molecule has 0 aromatic heterocycles. The average molecular weight is 260 g/mol. The number of ether oxygens (including phenoxy) is 1. The molecule has 2 aromatic carbocycles. The second kappa shape index (κ2) is 6.78. The fourth-order valence-corrected chi connectivity index (χ4v) is 1.72. The molecule has 0 aliphatic heterocycles. The Hall–Kier alpha value is -3.04. The van der Waals surface area contributed by atoms with Gasteiger partial charge in [-0.05, 0) is 29.8 Å². The van der Waals surface area contributed by atoms with Crippen molar-refractivity contribution >= 4 is 6.08 Å². The predicted octanol–water partition coefficient (Wildman–Crippen LogP) is 3.67. The lowest BCUT2D eigenvalue weighted by atomic mass is 10.1. The van der Waals surface area contributed by atoms with Gasteiger partial charge in [0, 0.05) is 11.6 Å². The van der Waals surface area contributed by atoms with Crippen LogP contribution in [0, 0.1) is 22.7 Å². The van der Waals surface area contributed by atoms with Gasteiger partial charge >= 0.3 is 0 Å². The summed E-state index contributed by atoms with van der Waals surface area (Å²) in [7, 11) is 0. The lowest BCUT2D eigenvalue weighted by molar-refractivity contribution is 0.306. The fourth-order valence-electron chi connectivity index (χ4n) is 1.72. The Morgan fingerprint density at radius 1 is 1.00 bits per heavy atom. The van der Waals surface area contributed by atoms with E-state index in [1.807, 2.05) is 48.5 Å². The Morgan fingerprint density at radius 3 is 2.45 bits per heavy atom. The lowest BCUT2D eigenvalue weighted by Gasteiger charge is -2.07. The van der Waals surface area contributed by atoms with E-state index in [9.17, 15) is 0 Å². The summed E-state index contributed by atoms with van der Waals surface area (Å²) in [6, 6.07) is 18.9. The number of nitrogens with zero attached hydrogens (tertiary/aromatic N) is 2. The highest BCUT2D eigenvalue weighted by Crippen LogP contribution is 2.16. The summed E-state index contributed by atoms with van der Waals surface area (Å²) in [5.41, 5.74) is 2.43. The zero-order valence-corrected chi connectivity index (χ0v) is 10.8. The second-order valence-corrected chi connectivity index (χ2v) is 4.09. The molecule has 0 fully saturated rings. The minimum atomic E-state index is 0.358. The average Bonchev–Trinajstić information content (AvgIpc) is 2.52. The Morgan fingerprint density at radius 2 is 1.75 bits per heavy atom. The van der Waals surface area contributed by atoms with Crippen LogP contribution < -0.4 is 4.74 Å². The normalized spacial score (nSPS) is 9.90. The van der Waals surface area contributed by atoms with Crippen LogP contribution in [0.25, 0.3) is 6.08 Å². The number of allylic oxidation sites excluding steroid dienone is 1. The van der Waals surface area contributed by atoms with Crippen molar-refractivity contribution in [2.24, 2.45) is 0 Å². The highest BCUT2D eigenvalue weighted by Gasteiger charge is 2.01. The van der Waals surface area contributed by atoms with Gasteiger partial charge in [-0.25, -0.2) is 0 Å². The first-order chi connectivity index (χ1) is 9.83. The molecule has 20 heavy (non-hydrogen) atoms. The third-order valence-corrected chi connectivity index (χ3v) is 2.76. The van der Waals surface area contributed by atoms with Gasteiger partial charge < -0.3 is 4.74 Å². The molecular weight excluding hydrogens is 248 g/mol. The highest BCUT2D eigenvalue weighted by molar-refractivity contribution is 5.52. The van der Waals surface area contributed by atoms with Crippen LogP contribution in [0.5, 0.6) is 5.75 Å². The molecule has 0 bridgehead atoms. The van der Waals surface area contributed by atoms with Gasteiger partial charge in [0.2, 0.25) is 0 Å². The number of hydrogen-bond acceptors (Lipinski definition) is 3. The van der Waals surface area contributed by atoms with Gasteiger partial charge in [-0.2, -0.15) is 10.5 Å². The SMILES string of the molecule is N#C/C=C/c1ccc(OCc2ccccc2C#N)cc1. The minimum absolute atomic E-state index is 0.358. The molecule has 2 rings (SSSR count). The highest BCUT2D eigenvalue weighted by atomic mass is 16.5. The molecule has 0 N–H and O–H groups in total. The molecule has 0 radical (unpaired) electrons. The van der Waals surface area contributed by atoms with Gasteiger partial charge in [0.15, 0.2) is 0 Å². The molecule has 0 amide bonds. The Bertz CT molecular complexity index is 688. The van der Waals surface area contributed by atoms with Crippen molar-refractivity contribution in [3.05, 3.63) is 71.3 Å². The molecule has 3 heteroatoms. The summed E-state index contributed by atoms with van der Waals surface area (Å²) < 4.78 is 5.65. The van der Waals surface area contributed by atoms with E-state index in [2.05, 4.69) is 6.07 Å². The van der Waals surface area contributed by atoms with E-state index in [4.69, 9.17) is 15.3 Å². The van der Waals surface area contributed by atoms with E-state index in [1.165, 1.54) is 6.08 Å². The van der Waals surface area contributed by atoms with Crippen LogP contribution in [0.15, 0.2) is 54.6 Å². The summed E-state index contributed by atoms with van der Waals surface area (Å²) in [4.78, 5) is 0. The molecule has 2 aromatic rings. The smallest absolute Gasteiger partial charge is 0.119 e. The quantitative estimate of drug-likeness (QED) is 0.788. The Kier molecular flexibility index (Phi) is 4.54. The zero-order valence-electron chi connectivity index (χ0n) is 10.8. The van der Waals surface area contributed by atoms with Crippen LogP contribution in [0.2, 0.25) is 0 Å². The van der Waals surface area contributed by atoms with E-state index in [0.717, 1.165) is 16.9 Å². The summed E-state index contributed by atoms with van der Waals surface area (Å²) >= 11 is 0. The van der Waals surface area contributed by atoms with E-state index in [1.54, 1.807) is 12.1 Å². The van der Waals surface area contributed by atoms with Crippen molar-refractivity contribution < 1.29 is 4.74 Å². The summed E-state index contributed by atoms with van der Waals surface area (Å²) in [6.45, 7) is 0.358. The largest absolute Gasteiger partial charge is 0.489 e. The first kappa shape index (κ1) is 13.4. The minimum Gasteiger partial charge on any atom is -0.489 e. The van der Waals surface area contributed by atoms with Crippen molar-refractivity contribution in [2.45, 2.75) is 6.61 Å². The molecule has 0 spiro atoms. The van der Waals surface area contributed by atoms with Crippen LogP contribution in [-0.4, -0.2) is 0 Å². The van der Waals surface area contributed by atoms with Gasteiger partial charge in [0.1, 0.15) is 12.4 Å². The van der Waals surface area contributed by atoms with Crippen molar-refractivity contribution in [3.63, 3.8) is 0 Å². The second-order valence-electron chi connectivity index (χ2n) is 4.09. The van der Waals surface area contributed by atoms with Crippen LogP contribution in [0.1, 0.15) is 16.7 Å². The molecule has 3 nitrogen and oxygen atoms in total. The maximum absolute atomic E-state index is 8.99. The third kappa shape index (κ3) is 3.48. The third-order valence-electron chi connectivity index (χ3n) is 2.76. The van der Waals surface area contributed by atoms with Crippen molar-refractivity contribution in [1.82, 2.24) is 0 Å².